The Bertz CT molecular complexity index is 717. The molecule has 2 fully saturated rings. The van der Waals surface area contributed by atoms with Crippen molar-refractivity contribution in [2.75, 3.05) is 39.5 Å². The van der Waals surface area contributed by atoms with Crippen LogP contribution >= 0.6 is 11.9 Å². The minimum Gasteiger partial charge on any atom is -0.473 e. The quantitative estimate of drug-likeness (QED) is 0.603. The molecule has 0 radical (unpaired) electrons. The molecule has 30 heavy (non-hydrogen) atoms. The number of rotatable bonds is 8. The zero-order valence-electron chi connectivity index (χ0n) is 17.4. The Kier molecular flexibility index (Phi) is 8.50. The topological polar surface area (TPSA) is 89.7 Å². The SMILES string of the molecule is CC1(C(=O)NC2CCOCC2)CCN(Sc2ccc(OC/C(=C\F)CN)nc2)CC1. The monoisotopic (exact) mass is 438 g/mol. The number of carbonyl (C=O) groups excluding carboxylic acids is 1. The molecule has 0 aromatic carbocycles. The van der Waals surface area contributed by atoms with E-state index in [-0.39, 0.29) is 30.5 Å². The normalized spacial score (nSPS) is 20.7. The molecule has 0 unspecified atom stereocenters. The molecule has 0 saturated carbocycles. The van der Waals surface area contributed by atoms with Crippen molar-refractivity contribution in [3.05, 3.63) is 30.2 Å². The fourth-order valence-corrected chi connectivity index (χ4v) is 4.35. The molecule has 2 aliphatic heterocycles. The predicted octanol–water partition coefficient (Wildman–Crippen LogP) is 2.68. The van der Waals surface area contributed by atoms with Gasteiger partial charge in [0.1, 0.15) is 6.61 Å². The lowest BCUT2D eigenvalue weighted by Crippen LogP contribution is -2.49. The first-order chi connectivity index (χ1) is 14.5. The molecular weight excluding hydrogens is 407 g/mol. The molecule has 0 aliphatic carbocycles. The molecule has 7 nitrogen and oxygen atoms in total. The van der Waals surface area contributed by atoms with Crippen LogP contribution in [0.1, 0.15) is 32.6 Å². The van der Waals surface area contributed by atoms with Gasteiger partial charge in [-0.3, -0.25) is 4.79 Å². The van der Waals surface area contributed by atoms with E-state index in [9.17, 15) is 9.18 Å². The highest BCUT2D eigenvalue weighted by Crippen LogP contribution is 2.36. The van der Waals surface area contributed by atoms with Gasteiger partial charge in [0.2, 0.25) is 11.8 Å². The number of aromatic nitrogens is 1. The number of nitrogens with two attached hydrogens (primary N) is 1. The Balaban J connectivity index is 1.44. The Hall–Kier alpha value is -1.68. The Morgan fingerprint density at radius 2 is 2.17 bits per heavy atom. The van der Waals surface area contributed by atoms with Crippen LogP contribution in [0.5, 0.6) is 5.88 Å². The first-order valence-corrected chi connectivity index (χ1v) is 11.2. The summed E-state index contributed by atoms with van der Waals surface area (Å²) in [6.45, 7) is 5.40. The number of nitrogens with one attached hydrogen (secondary N) is 1. The van der Waals surface area contributed by atoms with Gasteiger partial charge in [-0.25, -0.2) is 13.7 Å². The number of piperidine rings is 1. The van der Waals surface area contributed by atoms with Crippen molar-refractivity contribution in [2.24, 2.45) is 11.1 Å². The van der Waals surface area contributed by atoms with Crippen LogP contribution in [-0.2, 0) is 9.53 Å². The number of nitrogens with zero attached hydrogens (tertiary/aromatic N) is 2. The minimum atomic E-state index is -0.323. The molecular formula is C21H31FN4O3S. The second-order valence-electron chi connectivity index (χ2n) is 8.03. The molecule has 3 rings (SSSR count). The third-order valence-electron chi connectivity index (χ3n) is 5.70. The van der Waals surface area contributed by atoms with Crippen LogP contribution < -0.4 is 15.8 Å². The third-order valence-corrected chi connectivity index (χ3v) is 6.77. The summed E-state index contributed by atoms with van der Waals surface area (Å²) >= 11 is 1.63. The summed E-state index contributed by atoms with van der Waals surface area (Å²) in [5.41, 5.74) is 5.47. The number of amides is 1. The molecule has 1 amide bonds. The zero-order chi connectivity index (χ0) is 21.4. The predicted molar refractivity (Wildman–Crippen MR) is 115 cm³/mol. The Morgan fingerprint density at radius 3 is 2.77 bits per heavy atom. The van der Waals surface area contributed by atoms with Gasteiger partial charge in [-0.05, 0) is 43.7 Å². The first-order valence-electron chi connectivity index (χ1n) is 10.4. The van der Waals surface area contributed by atoms with Crippen LogP contribution in [-0.4, -0.2) is 60.7 Å². The second kappa shape index (κ2) is 11.1. The highest BCUT2D eigenvalue weighted by Gasteiger charge is 2.38. The average molecular weight is 439 g/mol. The lowest BCUT2D eigenvalue weighted by atomic mass is 9.80. The summed E-state index contributed by atoms with van der Waals surface area (Å²) in [6.07, 6.45) is 5.65. The number of hydrogen-bond acceptors (Lipinski definition) is 7. The van der Waals surface area contributed by atoms with Crippen LogP contribution in [0.3, 0.4) is 0 Å². The van der Waals surface area contributed by atoms with Gasteiger partial charge < -0.3 is 20.5 Å². The van der Waals surface area contributed by atoms with Crippen LogP contribution in [0.15, 0.2) is 35.1 Å². The van der Waals surface area contributed by atoms with Crippen molar-refractivity contribution in [2.45, 2.75) is 43.5 Å². The van der Waals surface area contributed by atoms with Crippen molar-refractivity contribution >= 4 is 17.9 Å². The van der Waals surface area contributed by atoms with Crippen molar-refractivity contribution in [1.82, 2.24) is 14.6 Å². The van der Waals surface area contributed by atoms with E-state index in [4.69, 9.17) is 15.2 Å². The van der Waals surface area contributed by atoms with Gasteiger partial charge in [0.25, 0.3) is 0 Å². The molecule has 3 N–H and O–H groups in total. The standard InChI is InChI=1S/C21H31FN4O3S/c1-21(20(27)25-17-4-10-28-11-5-17)6-8-26(9-7-21)30-18-2-3-19(24-14-18)29-15-16(12-22)13-23/h2-3,12,14,17H,4-11,13,15,23H2,1H3,(H,25,27)/b16-12-. The van der Waals surface area contributed by atoms with Gasteiger partial charge in [-0.1, -0.05) is 6.92 Å². The second-order valence-corrected chi connectivity index (χ2v) is 9.20. The van der Waals surface area contributed by atoms with E-state index in [1.807, 2.05) is 6.07 Å². The fraction of sp³-hybridized carbons (Fsp3) is 0.619. The molecule has 3 heterocycles. The number of carbonyl (C=O) groups is 1. The van der Waals surface area contributed by atoms with Crippen LogP contribution in [0.2, 0.25) is 0 Å². The molecule has 1 aromatic rings. The highest BCUT2D eigenvalue weighted by atomic mass is 32.2. The molecule has 0 spiro atoms. The Morgan fingerprint density at radius 1 is 1.43 bits per heavy atom. The molecule has 9 heteroatoms. The molecule has 166 valence electrons. The van der Waals surface area contributed by atoms with E-state index < -0.39 is 0 Å². The summed E-state index contributed by atoms with van der Waals surface area (Å²) in [4.78, 5) is 18.1. The molecule has 0 atom stereocenters. The van der Waals surface area contributed by atoms with Crippen molar-refractivity contribution in [3.8, 4) is 5.88 Å². The van der Waals surface area contributed by atoms with E-state index in [1.165, 1.54) is 0 Å². The lowest BCUT2D eigenvalue weighted by molar-refractivity contribution is -0.133. The molecule has 2 saturated heterocycles. The summed E-state index contributed by atoms with van der Waals surface area (Å²) in [6, 6.07) is 3.94. The van der Waals surface area contributed by atoms with Crippen LogP contribution in [0, 0.1) is 5.41 Å². The maximum atomic E-state index is 12.8. The largest absolute Gasteiger partial charge is 0.473 e. The van der Waals surface area contributed by atoms with Gasteiger partial charge in [0.15, 0.2) is 0 Å². The van der Waals surface area contributed by atoms with Crippen molar-refractivity contribution in [3.63, 3.8) is 0 Å². The van der Waals surface area contributed by atoms with E-state index in [0.29, 0.717) is 17.8 Å². The summed E-state index contributed by atoms with van der Waals surface area (Å²) in [5, 5.41) is 3.22. The average Bonchev–Trinajstić information content (AvgIpc) is 2.78. The van der Waals surface area contributed by atoms with E-state index in [2.05, 4.69) is 21.5 Å². The minimum absolute atomic E-state index is 0.0904. The van der Waals surface area contributed by atoms with E-state index in [1.54, 1.807) is 24.2 Å². The molecule has 2 aliphatic rings. The Labute approximate surface area is 181 Å². The van der Waals surface area contributed by atoms with Gasteiger partial charge in [0, 0.05) is 67.0 Å². The summed E-state index contributed by atoms with van der Waals surface area (Å²) in [7, 11) is 0. The van der Waals surface area contributed by atoms with Gasteiger partial charge in [-0.2, -0.15) is 0 Å². The number of pyridine rings is 1. The number of ether oxygens (including phenoxy) is 2. The fourth-order valence-electron chi connectivity index (χ4n) is 3.46. The maximum Gasteiger partial charge on any atom is 0.226 e. The lowest BCUT2D eigenvalue weighted by Gasteiger charge is -2.38. The van der Waals surface area contributed by atoms with Gasteiger partial charge in [-0.15, -0.1) is 0 Å². The third kappa shape index (κ3) is 6.41. The summed E-state index contributed by atoms with van der Waals surface area (Å²) in [5.74, 6) is 0.601. The molecule has 0 bridgehead atoms. The first kappa shape index (κ1) is 23.0. The van der Waals surface area contributed by atoms with Crippen molar-refractivity contribution < 1.29 is 18.7 Å². The number of halogens is 1. The van der Waals surface area contributed by atoms with Gasteiger partial charge >= 0.3 is 0 Å². The zero-order valence-corrected chi connectivity index (χ0v) is 18.3. The van der Waals surface area contributed by atoms with Gasteiger partial charge in [0.05, 0.1) is 6.33 Å². The number of hydrogen-bond donors (Lipinski definition) is 2. The molecule has 1 aromatic heterocycles. The van der Waals surface area contributed by atoms with Crippen LogP contribution in [0.25, 0.3) is 0 Å². The van der Waals surface area contributed by atoms with E-state index in [0.717, 1.165) is 56.9 Å². The van der Waals surface area contributed by atoms with E-state index >= 15 is 0 Å². The van der Waals surface area contributed by atoms with Crippen LogP contribution in [0.4, 0.5) is 4.39 Å². The smallest absolute Gasteiger partial charge is 0.226 e. The highest BCUT2D eigenvalue weighted by molar-refractivity contribution is 7.97. The maximum absolute atomic E-state index is 12.8. The van der Waals surface area contributed by atoms with Crippen molar-refractivity contribution in [1.29, 1.82) is 0 Å². The summed E-state index contributed by atoms with van der Waals surface area (Å²) < 4.78 is 25.6.